The van der Waals surface area contributed by atoms with Gasteiger partial charge in [0.25, 0.3) is 0 Å². The van der Waals surface area contributed by atoms with Crippen molar-refractivity contribution in [3.63, 3.8) is 0 Å². The highest BCUT2D eigenvalue weighted by atomic mass is 16.4. The molecule has 2 unspecified atom stereocenters. The second-order valence-corrected chi connectivity index (χ2v) is 6.00. The van der Waals surface area contributed by atoms with E-state index in [1.54, 1.807) is 24.3 Å². The zero-order valence-electron chi connectivity index (χ0n) is 14.5. The van der Waals surface area contributed by atoms with Crippen molar-refractivity contribution in [1.29, 1.82) is 0 Å². The van der Waals surface area contributed by atoms with Gasteiger partial charge in [0.15, 0.2) is 0 Å². The highest BCUT2D eigenvalue weighted by molar-refractivity contribution is 5.80. The van der Waals surface area contributed by atoms with E-state index in [1.807, 2.05) is 36.4 Å². The lowest BCUT2D eigenvalue weighted by atomic mass is 10.0. The second-order valence-electron chi connectivity index (χ2n) is 6.00. The van der Waals surface area contributed by atoms with Gasteiger partial charge in [-0.15, -0.1) is 0 Å². The Balaban J connectivity index is 2.11. The van der Waals surface area contributed by atoms with Crippen LogP contribution in [0.1, 0.15) is 43.0 Å². The summed E-state index contributed by atoms with van der Waals surface area (Å²) in [5.74, 6) is -1.57. The van der Waals surface area contributed by atoms with Gasteiger partial charge in [0.05, 0.1) is 24.9 Å². The number of nitrogens with one attached hydrogen (secondary N) is 2. The zero-order valence-corrected chi connectivity index (χ0v) is 14.5. The first kappa shape index (κ1) is 19.2. The molecule has 0 saturated heterocycles. The van der Waals surface area contributed by atoms with Gasteiger partial charge in [-0.25, -0.2) is 0 Å². The number of amides is 2. The van der Waals surface area contributed by atoms with Gasteiger partial charge >= 0.3 is 5.97 Å². The van der Waals surface area contributed by atoms with E-state index in [0.717, 1.165) is 11.1 Å². The number of hydrogen-bond donors (Lipinski definition) is 3. The van der Waals surface area contributed by atoms with Gasteiger partial charge in [-0.1, -0.05) is 60.7 Å². The van der Waals surface area contributed by atoms with Crippen LogP contribution in [0.15, 0.2) is 60.7 Å². The molecule has 0 radical (unpaired) electrons. The summed E-state index contributed by atoms with van der Waals surface area (Å²) in [4.78, 5) is 35.1. The minimum absolute atomic E-state index is 0.0204. The van der Waals surface area contributed by atoms with Crippen LogP contribution in [0.4, 0.5) is 0 Å². The molecule has 2 aromatic rings. The Labute approximate surface area is 152 Å². The Morgan fingerprint density at radius 3 is 1.69 bits per heavy atom. The van der Waals surface area contributed by atoms with Crippen molar-refractivity contribution in [2.24, 2.45) is 0 Å². The summed E-state index contributed by atoms with van der Waals surface area (Å²) in [6.45, 7) is 1.39. The summed E-state index contributed by atoms with van der Waals surface area (Å²) in [6.07, 6.45) is -0.196. The molecule has 2 aromatic carbocycles. The van der Waals surface area contributed by atoms with Gasteiger partial charge in [-0.2, -0.15) is 0 Å². The highest BCUT2D eigenvalue weighted by Crippen LogP contribution is 2.20. The minimum atomic E-state index is -0.999. The van der Waals surface area contributed by atoms with Crippen LogP contribution in [-0.2, 0) is 14.4 Å². The molecule has 0 heterocycles. The first-order chi connectivity index (χ1) is 12.5. The molecular formula is C20H22N2O4. The topological polar surface area (TPSA) is 95.5 Å². The van der Waals surface area contributed by atoms with Crippen LogP contribution in [0.3, 0.4) is 0 Å². The van der Waals surface area contributed by atoms with Crippen LogP contribution < -0.4 is 10.6 Å². The monoisotopic (exact) mass is 354 g/mol. The van der Waals surface area contributed by atoms with Crippen LogP contribution in [0.2, 0.25) is 0 Å². The summed E-state index contributed by atoms with van der Waals surface area (Å²) in [6, 6.07) is 17.0. The molecule has 2 amide bonds. The van der Waals surface area contributed by atoms with E-state index >= 15 is 0 Å². The fourth-order valence-electron chi connectivity index (χ4n) is 2.73. The van der Waals surface area contributed by atoms with Crippen LogP contribution in [0, 0.1) is 0 Å². The Morgan fingerprint density at radius 2 is 1.27 bits per heavy atom. The normalized spacial score (nSPS) is 12.7. The van der Waals surface area contributed by atoms with Crippen molar-refractivity contribution in [2.45, 2.75) is 31.8 Å². The summed E-state index contributed by atoms with van der Waals surface area (Å²) in [5, 5.41) is 14.7. The maximum Gasteiger partial charge on any atom is 0.305 e. The third-order valence-electron chi connectivity index (χ3n) is 3.88. The maximum absolute atomic E-state index is 12.5. The highest BCUT2D eigenvalue weighted by Gasteiger charge is 2.21. The third kappa shape index (κ3) is 6.05. The number of carbonyl (C=O) groups is 3. The fraction of sp³-hybridized carbons (Fsp3) is 0.250. The lowest BCUT2D eigenvalue weighted by Crippen LogP contribution is -2.35. The number of hydrogen-bond acceptors (Lipinski definition) is 3. The molecule has 2 atom stereocenters. The van der Waals surface area contributed by atoms with E-state index < -0.39 is 18.1 Å². The first-order valence-corrected chi connectivity index (χ1v) is 8.34. The van der Waals surface area contributed by atoms with Crippen molar-refractivity contribution in [3.8, 4) is 0 Å². The molecule has 136 valence electrons. The van der Waals surface area contributed by atoms with Crippen molar-refractivity contribution < 1.29 is 19.5 Å². The Bertz CT molecular complexity index is 683. The summed E-state index contributed by atoms with van der Waals surface area (Å²) >= 11 is 0. The van der Waals surface area contributed by atoms with E-state index in [-0.39, 0.29) is 24.7 Å². The zero-order chi connectivity index (χ0) is 18.9. The predicted molar refractivity (Wildman–Crippen MR) is 97.2 cm³/mol. The number of carboxylic acids is 1. The molecular weight excluding hydrogens is 332 g/mol. The van der Waals surface area contributed by atoms with Crippen LogP contribution in [0.5, 0.6) is 0 Å². The number of carboxylic acid groups (broad SMARTS) is 1. The first-order valence-electron chi connectivity index (χ1n) is 8.34. The standard InChI is InChI=1S/C20H22N2O4/c1-14(23)21-17(15-8-4-2-5-9-15)12-19(24)22-18(13-20(25)26)16-10-6-3-7-11-16/h2-11,17-18H,12-13H2,1H3,(H,21,23)(H,22,24)(H,25,26). The maximum atomic E-state index is 12.5. The van der Waals surface area contributed by atoms with Gasteiger partial charge < -0.3 is 15.7 Å². The van der Waals surface area contributed by atoms with Crippen LogP contribution in [-0.4, -0.2) is 22.9 Å². The van der Waals surface area contributed by atoms with E-state index in [1.165, 1.54) is 6.92 Å². The van der Waals surface area contributed by atoms with E-state index in [4.69, 9.17) is 5.11 Å². The smallest absolute Gasteiger partial charge is 0.305 e. The number of carbonyl (C=O) groups excluding carboxylic acids is 2. The summed E-state index contributed by atoms with van der Waals surface area (Å²) in [5.41, 5.74) is 1.53. The molecule has 0 fully saturated rings. The molecule has 2 rings (SSSR count). The van der Waals surface area contributed by atoms with Gasteiger partial charge in [-0.05, 0) is 11.1 Å². The van der Waals surface area contributed by atoms with Crippen molar-refractivity contribution >= 4 is 17.8 Å². The van der Waals surface area contributed by atoms with Crippen molar-refractivity contribution in [3.05, 3.63) is 71.8 Å². The van der Waals surface area contributed by atoms with Gasteiger partial charge in [0.2, 0.25) is 11.8 Å². The lowest BCUT2D eigenvalue weighted by Gasteiger charge is -2.21. The summed E-state index contributed by atoms with van der Waals surface area (Å²) in [7, 11) is 0. The molecule has 6 nitrogen and oxygen atoms in total. The Kier molecular flexibility index (Phi) is 6.91. The largest absolute Gasteiger partial charge is 0.481 e. The quantitative estimate of drug-likeness (QED) is 0.679. The van der Waals surface area contributed by atoms with E-state index in [0.29, 0.717) is 0 Å². The molecule has 0 bridgehead atoms. The van der Waals surface area contributed by atoms with E-state index in [9.17, 15) is 14.4 Å². The second kappa shape index (κ2) is 9.36. The number of benzene rings is 2. The third-order valence-corrected chi connectivity index (χ3v) is 3.88. The van der Waals surface area contributed by atoms with Gasteiger partial charge in [-0.3, -0.25) is 14.4 Å². The molecule has 26 heavy (non-hydrogen) atoms. The average molecular weight is 354 g/mol. The fourth-order valence-corrected chi connectivity index (χ4v) is 2.73. The minimum Gasteiger partial charge on any atom is -0.481 e. The number of rotatable bonds is 8. The van der Waals surface area contributed by atoms with E-state index in [2.05, 4.69) is 10.6 Å². The van der Waals surface area contributed by atoms with Gasteiger partial charge in [0, 0.05) is 6.92 Å². The van der Waals surface area contributed by atoms with Crippen molar-refractivity contribution in [1.82, 2.24) is 10.6 Å². The molecule has 6 heteroatoms. The molecule has 0 spiro atoms. The van der Waals surface area contributed by atoms with Crippen LogP contribution >= 0.6 is 0 Å². The molecule has 0 aromatic heterocycles. The Morgan fingerprint density at radius 1 is 0.808 bits per heavy atom. The SMILES string of the molecule is CC(=O)NC(CC(=O)NC(CC(=O)O)c1ccccc1)c1ccccc1. The molecule has 0 aliphatic heterocycles. The molecule has 0 aliphatic rings. The lowest BCUT2D eigenvalue weighted by molar-refractivity contribution is -0.137. The van der Waals surface area contributed by atoms with Crippen molar-refractivity contribution in [2.75, 3.05) is 0 Å². The summed E-state index contributed by atoms with van der Waals surface area (Å²) < 4.78 is 0. The van der Waals surface area contributed by atoms with Gasteiger partial charge in [0.1, 0.15) is 0 Å². The number of aliphatic carboxylic acids is 1. The van der Waals surface area contributed by atoms with Crippen LogP contribution in [0.25, 0.3) is 0 Å². The predicted octanol–water partition coefficient (Wildman–Crippen LogP) is 2.59. The Hall–Kier alpha value is -3.15. The molecule has 3 N–H and O–H groups in total. The average Bonchev–Trinajstić information content (AvgIpc) is 2.61. The molecule has 0 aliphatic carbocycles. The molecule has 0 saturated carbocycles.